The molecule has 116 valence electrons. The number of para-hydroxylation sites is 1. The fourth-order valence-corrected chi connectivity index (χ4v) is 2.75. The molecule has 0 spiro atoms. The summed E-state index contributed by atoms with van der Waals surface area (Å²) >= 11 is 6.01. The second kappa shape index (κ2) is 6.62. The SMILES string of the molecule is O=[N+]([O-])c1c(Cl)nc2ccccc2c1NCCc1ccccc1. The van der Waals surface area contributed by atoms with Crippen LogP contribution in [0.1, 0.15) is 5.56 Å². The molecule has 0 unspecified atom stereocenters. The first-order valence-electron chi connectivity index (χ1n) is 7.17. The van der Waals surface area contributed by atoms with Crippen LogP contribution in [0.4, 0.5) is 11.4 Å². The van der Waals surface area contributed by atoms with Gasteiger partial charge in [0, 0.05) is 11.9 Å². The minimum atomic E-state index is -0.493. The van der Waals surface area contributed by atoms with Crippen LogP contribution in [0.15, 0.2) is 54.6 Å². The van der Waals surface area contributed by atoms with Gasteiger partial charge in [-0.2, -0.15) is 0 Å². The van der Waals surface area contributed by atoms with Gasteiger partial charge in [-0.1, -0.05) is 60.1 Å². The van der Waals surface area contributed by atoms with Gasteiger partial charge < -0.3 is 5.32 Å². The Bertz CT molecular complexity index is 853. The highest BCUT2D eigenvalue weighted by atomic mass is 35.5. The summed E-state index contributed by atoms with van der Waals surface area (Å²) in [5.41, 5.74) is 2.03. The highest BCUT2D eigenvalue weighted by Crippen LogP contribution is 2.37. The molecule has 1 N–H and O–H groups in total. The number of nitrogens with one attached hydrogen (secondary N) is 1. The third kappa shape index (κ3) is 3.24. The summed E-state index contributed by atoms with van der Waals surface area (Å²) in [6.45, 7) is 0.565. The average Bonchev–Trinajstić information content (AvgIpc) is 2.55. The third-order valence-corrected chi connectivity index (χ3v) is 3.83. The Morgan fingerprint density at radius 3 is 2.52 bits per heavy atom. The lowest BCUT2D eigenvalue weighted by molar-refractivity contribution is -0.384. The second-order valence-corrected chi connectivity index (χ2v) is 5.42. The zero-order valence-corrected chi connectivity index (χ0v) is 13.0. The molecule has 0 radical (unpaired) electrons. The Hall–Kier alpha value is -2.66. The summed E-state index contributed by atoms with van der Waals surface area (Å²) in [5.74, 6) is 0. The van der Waals surface area contributed by atoms with Crippen molar-refractivity contribution >= 4 is 33.9 Å². The van der Waals surface area contributed by atoms with Gasteiger partial charge in [-0.3, -0.25) is 10.1 Å². The largest absolute Gasteiger partial charge is 0.378 e. The van der Waals surface area contributed by atoms with E-state index in [1.165, 1.54) is 0 Å². The van der Waals surface area contributed by atoms with Crippen LogP contribution in [0.3, 0.4) is 0 Å². The van der Waals surface area contributed by atoms with Crippen LogP contribution >= 0.6 is 11.6 Å². The smallest absolute Gasteiger partial charge is 0.329 e. The molecule has 3 aromatic rings. The van der Waals surface area contributed by atoms with E-state index in [1.54, 1.807) is 12.1 Å². The predicted molar refractivity (Wildman–Crippen MR) is 92.0 cm³/mol. The van der Waals surface area contributed by atoms with Crippen molar-refractivity contribution in [2.75, 3.05) is 11.9 Å². The number of rotatable bonds is 5. The van der Waals surface area contributed by atoms with Crippen LogP contribution in [0.25, 0.3) is 10.9 Å². The van der Waals surface area contributed by atoms with E-state index in [9.17, 15) is 10.1 Å². The maximum absolute atomic E-state index is 11.4. The molecule has 0 saturated carbocycles. The predicted octanol–water partition coefficient (Wildman–Crippen LogP) is 4.45. The fraction of sp³-hybridized carbons (Fsp3) is 0.118. The quantitative estimate of drug-likeness (QED) is 0.427. The van der Waals surface area contributed by atoms with Crippen molar-refractivity contribution in [1.29, 1.82) is 0 Å². The molecule has 0 amide bonds. The highest BCUT2D eigenvalue weighted by molar-refractivity contribution is 6.33. The highest BCUT2D eigenvalue weighted by Gasteiger charge is 2.23. The molecule has 0 aliphatic carbocycles. The van der Waals surface area contributed by atoms with Crippen molar-refractivity contribution in [3.8, 4) is 0 Å². The van der Waals surface area contributed by atoms with E-state index in [0.29, 0.717) is 23.1 Å². The first kappa shape index (κ1) is 15.2. The average molecular weight is 328 g/mol. The van der Waals surface area contributed by atoms with Gasteiger partial charge in [0.05, 0.1) is 10.4 Å². The van der Waals surface area contributed by atoms with Crippen molar-refractivity contribution in [1.82, 2.24) is 4.98 Å². The number of nitrogens with zero attached hydrogens (tertiary/aromatic N) is 2. The molecule has 23 heavy (non-hydrogen) atoms. The van der Waals surface area contributed by atoms with E-state index in [0.717, 1.165) is 12.0 Å². The molecule has 0 bridgehead atoms. The normalized spacial score (nSPS) is 10.7. The minimum Gasteiger partial charge on any atom is -0.378 e. The number of pyridine rings is 1. The number of hydrogen-bond donors (Lipinski definition) is 1. The number of fused-ring (bicyclic) bond motifs is 1. The van der Waals surface area contributed by atoms with Gasteiger partial charge in [0.15, 0.2) is 0 Å². The zero-order valence-electron chi connectivity index (χ0n) is 12.2. The van der Waals surface area contributed by atoms with Crippen molar-refractivity contribution in [3.05, 3.63) is 75.4 Å². The zero-order chi connectivity index (χ0) is 16.2. The molecular formula is C17H14ClN3O2. The number of halogens is 1. The minimum absolute atomic E-state index is 0.101. The summed E-state index contributed by atoms with van der Waals surface area (Å²) < 4.78 is 0. The summed E-state index contributed by atoms with van der Waals surface area (Å²) in [6, 6.07) is 17.2. The fourth-order valence-electron chi connectivity index (χ4n) is 2.49. The summed E-state index contributed by atoms with van der Waals surface area (Å²) in [4.78, 5) is 15.0. The van der Waals surface area contributed by atoms with E-state index >= 15 is 0 Å². The van der Waals surface area contributed by atoms with E-state index in [1.807, 2.05) is 42.5 Å². The molecule has 0 fully saturated rings. The topological polar surface area (TPSA) is 68.1 Å². The molecule has 0 aliphatic heterocycles. The molecule has 6 heteroatoms. The maximum atomic E-state index is 11.4. The van der Waals surface area contributed by atoms with E-state index in [2.05, 4.69) is 10.3 Å². The van der Waals surface area contributed by atoms with Crippen LogP contribution in [-0.4, -0.2) is 16.5 Å². The van der Waals surface area contributed by atoms with Crippen molar-refractivity contribution in [2.45, 2.75) is 6.42 Å². The number of hydrogen-bond acceptors (Lipinski definition) is 4. The van der Waals surface area contributed by atoms with Gasteiger partial charge in [0.1, 0.15) is 5.69 Å². The molecule has 0 atom stereocenters. The first-order valence-corrected chi connectivity index (χ1v) is 7.55. The lowest BCUT2D eigenvalue weighted by Crippen LogP contribution is -2.08. The van der Waals surface area contributed by atoms with Crippen LogP contribution in [0.5, 0.6) is 0 Å². The molecule has 5 nitrogen and oxygen atoms in total. The van der Waals surface area contributed by atoms with Gasteiger partial charge in [0.25, 0.3) is 0 Å². The van der Waals surface area contributed by atoms with Gasteiger partial charge in [-0.15, -0.1) is 0 Å². The third-order valence-electron chi connectivity index (χ3n) is 3.57. The number of benzene rings is 2. The standard InChI is InChI=1S/C17H14ClN3O2/c18-17-16(21(22)23)15(13-8-4-5-9-14(13)20-17)19-11-10-12-6-2-1-3-7-12/h1-9H,10-11H2,(H,19,20). The van der Waals surface area contributed by atoms with E-state index in [4.69, 9.17) is 11.6 Å². The lowest BCUT2D eigenvalue weighted by atomic mass is 10.1. The Kier molecular flexibility index (Phi) is 4.39. The number of aromatic nitrogens is 1. The molecule has 1 heterocycles. The Balaban J connectivity index is 1.94. The van der Waals surface area contributed by atoms with E-state index < -0.39 is 4.92 Å². The number of anilines is 1. The molecule has 0 aliphatic rings. The Labute approximate surface area is 138 Å². The van der Waals surface area contributed by atoms with Gasteiger partial charge in [-0.25, -0.2) is 4.98 Å². The molecular weight excluding hydrogens is 314 g/mol. The number of nitro groups is 1. The lowest BCUT2D eigenvalue weighted by Gasteiger charge is -2.11. The van der Waals surface area contributed by atoms with Crippen molar-refractivity contribution in [3.63, 3.8) is 0 Å². The van der Waals surface area contributed by atoms with Crippen molar-refractivity contribution < 1.29 is 4.92 Å². The summed E-state index contributed by atoms with van der Waals surface area (Å²) in [6.07, 6.45) is 0.756. The monoisotopic (exact) mass is 327 g/mol. The molecule has 2 aromatic carbocycles. The summed E-state index contributed by atoms with van der Waals surface area (Å²) in [7, 11) is 0. The second-order valence-electron chi connectivity index (χ2n) is 5.06. The van der Waals surface area contributed by atoms with Crippen LogP contribution in [0, 0.1) is 10.1 Å². The van der Waals surface area contributed by atoms with Crippen LogP contribution in [0.2, 0.25) is 5.15 Å². The van der Waals surface area contributed by atoms with Crippen LogP contribution < -0.4 is 5.32 Å². The first-order chi connectivity index (χ1) is 11.2. The Morgan fingerprint density at radius 1 is 1.09 bits per heavy atom. The summed E-state index contributed by atoms with van der Waals surface area (Å²) in [5, 5.41) is 15.1. The molecule has 0 saturated heterocycles. The van der Waals surface area contributed by atoms with Gasteiger partial charge in [0.2, 0.25) is 5.15 Å². The van der Waals surface area contributed by atoms with Gasteiger partial charge in [-0.05, 0) is 18.1 Å². The molecule has 1 aromatic heterocycles. The molecule has 3 rings (SSSR count). The Morgan fingerprint density at radius 2 is 1.78 bits per heavy atom. The maximum Gasteiger partial charge on any atom is 0.329 e. The van der Waals surface area contributed by atoms with Gasteiger partial charge >= 0.3 is 5.69 Å². The van der Waals surface area contributed by atoms with E-state index in [-0.39, 0.29) is 10.8 Å². The van der Waals surface area contributed by atoms with Crippen LogP contribution in [-0.2, 0) is 6.42 Å². The van der Waals surface area contributed by atoms with Crippen molar-refractivity contribution in [2.24, 2.45) is 0 Å².